The van der Waals surface area contributed by atoms with E-state index in [0.29, 0.717) is 22.6 Å². The van der Waals surface area contributed by atoms with Crippen molar-refractivity contribution in [1.29, 1.82) is 0 Å². The number of ketones is 1. The standard InChI is InChI=1S/C35H28N2O4S2/c38-28(21-23-13-5-1-6-14-23)36-29-33(40)37-30(27(22-43-34(29)37)31(39)24-15-7-2-8-16-24)35(42)41-32(25-17-9-3-10-18-25)26-19-11-4-12-20-26/h1-20,29,32,34H,21-22H2,(H,36,38)/t29?,34-/m1/s1. The Morgan fingerprint density at radius 1 is 0.837 bits per heavy atom. The van der Waals surface area contributed by atoms with E-state index in [1.54, 1.807) is 24.3 Å². The monoisotopic (exact) mass is 604 g/mol. The van der Waals surface area contributed by atoms with E-state index in [1.807, 2.05) is 97.1 Å². The molecule has 4 aromatic carbocycles. The van der Waals surface area contributed by atoms with Crippen LogP contribution in [0.15, 0.2) is 133 Å². The zero-order chi connectivity index (χ0) is 29.8. The minimum absolute atomic E-state index is 0.0599. The molecule has 43 heavy (non-hydrogen) atoms. The number of thioether (sulfide) groups is 1. The molecule has 0 saturated carbocycles. The first-order valence-corrected chi connectivity index (χ1v) is 15.4. The summed E-state index contributed by atoms with van der Waals surface area (Å²) >= 11 is 7.34. The largest absolute Gasteiger partial charge is 0.469 e. The Hall–Kier alpha value is -4.53. The average molecular weight is 605 g/mol. The van der Waals surface area contributed by atoms with Gasteiger partial charge in [-0.1, -0.05) is 121 Å². The molecule has 0 aliphatic carbocycles. The molecule has 8 heteroatoms. The smallest absolute Gasteiger partial charge is 0.253 e. The highest BCUT2D eigenvalue weighted by molar-refractivity contribution is 8.00. The quantitative estimate of drug-likeness (QED) is 0.146. The number of fused-ring (bicyclic) bond motifs is 1. The first kappa shape index (κ1) is 28.6. The lowest BCUT2D eigenvalue weighted by Crippen LogP contribution is -2.70. The van der Waals surface area contributed by atoms with Crippen molar-refractivity contribution >= 4 is 46.6 Å². The highest BCUT2D eigenvalue weighted by Crippen LogP contribution is 2.42. The molecule has 2 aliphatic rings. The minimum atomic E-state index is -0.730. The number of Topliss-reactive ketones (excluding diaryl/α,β-unsaturated/α-hetero) is 1. The Bertz CT molecular complexity index is 1640. The first-order chi connectivity index (χ1) is 21.0. The molecule has 2 atom stereocenters. The van der Waals surface area contributed by atoms with Gasteiger partial charge in [0.25, 0.3) is 5.91 Å². The molecule has 4 aromatic rings. The molecular formula is C35H28N2O4S2. The van der Waals surface area contributed by atoms with Crippen LogP contribution >= 0.6 is 24.0 Å². The van der Waals surface area contributed by atoms with E-state index >= 15 is 0 Å². The number of hydrogen-bond acceptors (Lipinski definition) is 6. The van der Waals surface area contributed by atoms with Gasteiger partial charge in [0.1, 0.15) is 23.2 Å². The van der Waals surface area contributed by atoms with Crippen LogP contribution in [-0.2, 0) is 20.7 Å². The average Bonchev–Trinajstić information content (AvgIpc) is 3.06. The molecule has 1 saturated heterocycles. The van der Waals surface area contributed by atoms with E-state index in [1.165, 1.54) is 16.7 Å². The van der Waals surface area contributed by atoms with Gasteiger partial charge in [-0.15, -0.1) is 11.8 Å². The number of nitrogens with one attached hydrogen (secondary N) is 1. The van der Waals surface area contributed by atoms with Gasteiger partial charge in [-0.25, -0.2) is 0 Å². The maximum Gasteiger partial charge on any atom is 0.253 e. The lowest BCUT2D eigenvalue weighted by molar-refractivity contribution is -0.145. The Morgan fingerprint density at radius 2 is 1.37 bits per heavy atom. The van der Waals surface area contributed by atoms with E-state index in [0.717, 1.165) is 16.7 Å². The summed E-state index contributed by atoms with van der Waals surface area (Å²) in [5.41, 5.74) is 3.83. The topological polar surface area (TPSA) is 75.7 Å². The molecule has 2 amide bonds. The van der Waals surface area contributed by atoms with Gasteiger partial charge in [0, 0.05) is 16.9 Å². The molecule has 1 unspecified atom stereocenters. The normalized spacial score (nSPS) is 17.6. The van der Waals surface area contributed by atoms with Crippen molar-refractivity contribution in [3.8, 4) is 0 Å². The Morgan fingerprint density at radius 3 is 1.95 bits per heavy atom. The number of carbonyl (C=O) groups is 3. The summed E-state index contributed by atoms with van der Waals surface area (Å²) in [4.78, 5) is 41.8. The first-order valence-electron chi connectivity index (χ1n) is 13.9. The van der Waals surface area contributed by atoms with Crippen molar-refractivity contribution in [2.75, 3.05) is 5.75 Å². The molecule has 2 aliphatic heterocycles. The summed E-state index contributed by atoms with van der Waals surface area (Å²) in [5.74, 6) is -0.469. The van der Waals surface area contributed by atoms with Gasteiger partial charge in [0.2, 0.25) is 11.0 Å². The number of ether oxygens (including phenoxy) is 1. The maximum absolute atomic E-state index is 13.8. The van der Waals surface area contributed by atoms with Crippen molar-refractivity contribution in [3.05, 3.63) is 155 Å². The molecule has 2 heterocycles. The zero-order valence-corrected chi connectivity index (χ0v) is 24.7. The summed E-state index contributed by atoms with van der Waals surface area (Å²) in [6, 6.07) is 37.0. The number of β-lactam (4-membered cyclic amide) rings is 1. The fourth-order valence-corrected chi connectivity index (χ4v) is 6.96. The van der Waals surface area contributed by atoms with Crippen molar-refractivity contribution in [3.63, 3.8) is 0 Å². The van der Waals surface area contributed by atoms with Gasteiger partial charge in [-0.05, 0) is 28.9 Å². The van der Waals surface area contributed by atoms with E-state index < -0.39 is 17.5 Å². The summed E-state index contributed by atoms with van der Waals surface area (Å²) in [6.45, 7) is 0. The van der Waals surface area contributed by atoms with Crippen molar-refractivity contribution in [2.24, 2.45) is 0 Å². The van der Waals surface area contributed by atoms with Crippen molar-refractivity contribution in [2.45, 2.75) is 23.9 Å². The predicted octanol–water partition coefficient (Wildman–Crippen LogP) is 5.90. The number of benzene rings is 4. The minimum Gasteiger partial charge on any atom is -0.469 e. The fourth-order valence-electron chi connectivity index (χ4n) is 5.30. The Balaban J connectivity index is 1.31. The van der Waals surface area contributed by atoms with E-state index in [9.17, 15) is 14.4 Å². The fraction of sp³-hybridized carbons (Fsp3) is 0.143. The van der Waals surface area contributed by atoms with Crippen LogP contribution in [0.1, 0.15) is 33.2 Å². The number of hydrogen-bond donors (Lipinski definition) is 1. The second kappa shape index (κ2) is 12.8. The third-order valence-corrected chi connectivity index (χ3v) is 8.99. The van der Waals surface area contributed by atoms with E-state index in [4.69, 9.17) is 17.0 Å². The summed E-state index contributed by atoms with van der Waals surface area (Å²) in [6.07, 6.45) is -0.388. The summed E-state index contributed by atoms with van der Waals surface area (Å²) in [7, 11) is 0. The molecule has 1 fully saturated rings. The van der Waals surface area contributed by atoms with Crippen LogP contribution in [0.5, 0.6) is 0 Å². The lowest BCUT2D eigenvalue weighted by Gasteiger charge is -2.50. The number of carbonyl (C=O) groups excluding carboxylic acids is 3. The Labute approximate surface area is 259 Å². The molecule has 0 aromatic heterocycles. The summed E-state index contributed by atoms with van der Waals surface area (Å²) < 4.78 is 6.51. The van der Waals surface area contributed by atoms with Crippen LogP contribution in [0.4, 0.5) is 0 Å². The van der Waals surface area contributed by atoms with Crippen LogP contribution in [0.25, 0.3) is 0 Å². The highest BCUT2D eigenvalue weighted by atomic mass is 32.2. The van der Waals surface area contributed by atoms with Crippen LogP contribution in [0.2, 0.25) is 0 Å². The lowest BCUT2D eigenvalue weighted by atomic mass is 9.97. The molecule has 6 nitrogen and oxygen atoms in total. The molecule has 0 radical (unpaired) electrons. The second-order valence-electron chi connectivity index (χ2n) is 10.2. The van der Waals surface area contributed by atoms with Gasteiger partial charge >= 0.3 is 0 Å². The number of thiocarbonyl (C=S) groups is 1. The van der Waals surface area contributed by atoms with Crippen LogP contribution in [0.3, 0.4) is 0 Å². The molecular weight excluding hydrogens is 577 g/mol. The van der Waals surface area contributed by atoms with Crippen LogP contribution in [0, 0.1) is 0 Å². The SMILES string of the molecule is O=C(Cc1ccccc1)NC1C(=O)N2C(C(=S)OC(c3ccccc3)c3ccccc3)=C(C(=O)c3ccccc3)CS[C@H]12. The summed E-state index contributed by atoms with van der Waals surface area (Å²) in [5, 5.41) is 2.54. The van der Waals surface area contributed by atoms with Crippen molar-refractivity contribution in [1.82, 2.24) is 10.2 Å². The highest BCUT2D eigenvalue weighted by Gasteiger charge is 2.54. The number of nitrogens with zero attached hydrogens (tertiary/aromatic N) is 1. The zero-order valence-electron chi connectivity index (χ0n) is 23.1. The number of rotatable bonds is 9. The molecule has 0 bridgehead atoms. The third kappa shape index (κ3) is 6.02. The van der Waals surface area contributed by atoms with Gasteiger partial charge in [0.15, 0.2) is 5.78 Å². The maximum atomic E-state index is 13.8. The Kier molecular flexibility index (Phi) is 8.49. The molecule has 214 valence electrons. The second-order valence-corrected chi connectivity index (χ2v) is 11.7. The van der Waals surface area contributed by atoms with Crippen LogP contribution < -0.4 is 5.32 Å². The third-order valence-electron chi connectivity index (χ3n) is 7.43. The van der Waals surface area contributed by atoms with Crippen LogP contribution in [-0.4, -0.2) is 44.7 Å². The molecule has 1 N–H and O–H groups in total. The predicted molar refractivity (Wildman–Crippen MR) is 171 cm³/mol. The van der Waals surface area contributed by atoms with Crippen molar-refractivity contribution < 1.29 is 19.1 Å². The van der Waals surface area contributed by atoms with Gasteiger partial charge in [-0.2, -0.15) is 0 Å². The van der Waals surface area contributed by atoms with E-state index in [2.05, 4.69) is 5.32 Å². The molecule has 6 rings (SSSR count). The van der Waals surface area contributed by atoms with Gasteiger partial charge in [0.05, 0.1) is 6.42 Å². The molecule has 0 spiro atoms. The van der Waals surface area contributed by atoms with E-state index in [-0.39, 0.29) is 29.1 Å². The van der Waals surface area contributed by atoms with Gasteiger partial charge < -0.3 is 10.1 Å². The number of amides is 2. The van der Waals surface area contributed by atoms with Gasteiger partial charge in [-0.3, -0.25) is 19.3 Å².